The van der Waals surface area contributed by atoms with Crippen LogP contribution in [0.3, 0.4) is 0 Å². The summed E-state index contributed by atoms with van der Waals surface area (Å²) in [6, 6.07) is 8.01. The highest BCUT2D eigenvalue weighted by Crippen LogP contribution is 2.25. The average Bonchev–Trinajstić information content (AvgIpc) is 2.83. The molecule has 0 spiro atoms. The number of rotatable bonds is 7. The Kier molecular flexibility index (Phi) is 6.23. The largest absolute Gasteiger partial charge is 0.490 e. The third kappa shape index (κ3) is 5.11. The predicted molar refractivity (Wildman–Crippen MR) is 91.1 cm³/mol. The van der Waals surface area contributed by atoms with E-state index in [2.05, 4.69) is 39.6 Å². The Balaban J connectivity index is 1.72. The van der Waals surface area contributed by atoms with Crippen molar-refractivity contribution in [3.8, 4) is 5.75 Å². The molecule has 0 fully saturated rings. The minimum absolute atomic E-state index is 0.276. The third-order valence-corrected chi connectivity index (χ3v) is 4.79. The van der Waals surface area contributed by atoms with Crippen LogP contribution in [-0.2, 0) is 6.54 Å². The molecule has 0 aliphatic carbocycles. The van der Waals surface area contributed by atoms with Gasteiger partial charge in [-0.2, -0.15) is 0 Å². The van der Waals surface area contributed by atoms with E-state index in [0.29, 0.717) is 6.54 Å². The molecule has 21 heavy (non-hydrogen) atoms. The van der Waals surface area contributed by atoms with Crippen molar-refractivity contribution in [3.05, 3.63) is 50.1 Å². The number of ether oxygens (including phenoxy) is 1. The van der Waals surface area contributed by atoms with Crippen LogP contribution in [-0.4, -0.2) is 24.4 Å². The summed E-state index contributed by atoms with van der Waals surface area (Å²) in [5.74, 6) is 0.758. The first-order valence-electron chi connectivity index (χ1n) is 6.87. The molecular weight excluding hydrogens is 350 g/mol. The number of aliphatic hydroxyl groups excluding tert-OH is 1. The second-order valence-corrected chi connectivity index (χ2v) is 6.91. The maximum Gasteiger partial charge on any atom is 0.133 e. The molecule has 114 valence electrons. The number of nitrogens with one attached hydrogen (secondary N) is 1. The maximum atomic E-state index is 9.95. The summed E-state index contributed by atoms with van der Waals surface area (Å²) in [5, 5.41) is 15.3. The molecule has 1 aromatic heterocycles. The normalized spacial score (nSPS) is 12.4. The van der Waals surface area contributed by atoms with Crippen LogP contribution < -0.4 is 10.1 Å². The lowest BCUT2D eigenvalue weighted by molar-refractivity contribution is 0.106. The SMILES string of the molecule is Cc1ccc(OCC(O)CNCc2sccc2C)c(Br)c1. The van der Waals surface area contributed by atoms with Gasteiger partial charge in [0.15, 0.2) is 0 Å². The van der Waals surface area contributed by atoms with E-state index in [0.717, 1.165) is 16.8 Å². The molecule has 0 aliphatic rings. The van der Waals surface area contributed by atoms with Gasteiger partial charge in [0.2, 0.25) is 0 Å². The van der Waals surface area contributed by atoms with Crippen LogP contribution in [0.5, 0.6) is 5.75 Å². The van der Waals surface area contributed by atoms with Crippen molar-refractivity contribution in [2.24, 2.45) is 0 Å². The standard InChI is InChI=1S/C16H20BrNO2S/c1-11-3-4-15(14(17)7-11)20-10-13(19)8-18-9-16-12(2)5-6-21-16/h3-7,13,18-19H,8-10H2,1-2H3. The third-order valence-electron chi connectivity index (χ3n) is 3.15. The summed E-state index contributed by atoms with van der Waals surface area (Å²) in [6.45, 7) is 5.70. The van der Waals surface area contributed by atoms with Crippen LogP contribution in [0.25, 0.3) is 0 Å². The summed E-state index contributed by atoms with van der Waals surface area (Å²) < 4.78 is 6.54. The first-order chi connectivity index (χ1) is 10.1. The van der Waals surface area contributed by atoms with E-state index in [1.807, 2.05) is 25.1 Å². The van der Waals surface area contributed by atoms with E-state index in [1.54, 1.807) is 11.3 Å². The zero-order valence-electron chi connectivity index (χ0n) is 12.2. The molecule has 1 heterocycles. The monoisotopic (exact) mass is 369 g/mol. The first kappa shape index (κ1) is 16.5. The molecule has 2 N–H and O–H groups in total. The molecular formula is C16H20BrNO2S. The van der Waals surface area contributed by atoms with E-state index in [1.165, 1.54) is 16.0 Å². The van der Waals surface area contributed by atoms with Gasteiger partial charge >= 0.3 is 0 Å². The van der Waals surface area contributed by atoms with Crippen LogP contribution in [0, 0.1) is 13.8 Å². The Morgan fingerprint density at radius 1 is 1.33 bits per heavy atom. The highest BCUT2D eigenvalue weighted by Gasteiger charge is 2.08. The molecule has 0 saturated carbocycles. The lowest BCUT2D eigenvalue weighted by Crippen LogP contribution is -2.31. The molecule has 3 nitrogen and oxygen atoms in total. The molecule has 1 aromatic carbocycles. The van der Waals surface area contributed by atoms with Crippen LogP contribution in [0.1, 0.15) is 16.0 Å². The molecule has 0 bridgehead atoms. The quantitative estimate of drug-likeness (QED) is 0.782. The average molecular weight is 370 g/mol. The molecule has 2 rings (SSSR count). The molecule has 1 atom stereocenters. The molecule has 0 aliphatic heterocycles. The van der Waals surface area contributed by atoms with E-state index in [4.69, 9.17) is 4.74 Å². The molecule has 1 unspecified atom stereocenters. The lowest BCUT2D eigenvalue weighted by atomic mass is 10.2. The topological polar surface area (TPSA) is 41.5 Å². The Bertz CT molecular complexity index is 585. The number of aryl methyl sites for hydroxylation is 2. The van der Waals surface area contributed by atoms with Crippen molar-refractivity contribution in [1.29, 1.82) is 0 Å². The van der Waals surface area contributed by atoms with Gasteiger partial charge in [-0.15, -0.1) is 11.3 Å². The van der Waals surface area contributed by atoms with Gasteiger partial charge in [-0.1, -0.05) is 6.07 Å². The fraction of sp³-hybridized carbons (Fsp3) is 0.375. The van der Waals surface area contributed by atoms with Gasteiger partial charge in [-0.25, -0.2) is 0 Å². The zero-order valence-corrected chi connectivity index (χ0v) is 14.6. The van der Waals surface area contributed by atoms with Crippen molar-refractivity contribution >= 4 is 27.3 Å². The highest BCUT2D eigenvalue weighted by molar-refractivity contribution is 9.10. The molecule has 0 saturated heterocycles. The number of halogens is 1. The van der Waals surface area contributed by atoms with Gasteiger partial charge in [0.05, 0.1) is 4.47 Å². The predicted octanol–water partition coefficient (Wildman–Crippen LogP) is 3.66. The summed E-state index contributed by atoms with van der Waals surface area (Å²) >= 11 is 5.20. The molecule has 0 radical (unpaired) electrons. The second-order valence-electron chi connectivity index (χ2n) is 5.06. The van der Waals surface area contributed by atoms with Crippen molar-refractivity contribution in [1.82, 2.24) is 5.32 Å². The summed E-state index contributed by atoms with van der Waals surface area (Å²) in [4.78, 5) is 1.31. The van der Waals surface area contributed by atoms with Crippen LogP contribution in [0.15, 0.2) is 34.1 Å². The maximum absolute atomic E-state index is 9.95. The Morgan fingerprint density at radius 3 is 2.81 bits per heavy atom. The van der Waals surface area contributed by atoms with E-state index >= 15 is 0 Å². The Morgan fingerprint density at radius 2 is 2.14 bits per heavy atom. The van der Waals surface area contributed by atoms with Gasteiger partial charge in [0, 0.05) is 18.0 Å². The van der Waals surface area contributed by atoms with E-state index < -0.39 is 6.10 Å². The first-order valence-corrected chi connectivity index (χ1v) is 8.54. The lowest BCUT2D eigenvalue weighted by Gasteiger charge is -2.14. The number of hydrogen-bond acceptors (Lipinski definition) is 4. The van der Waals surface area contributed by atoms with E-state index in [9.17, 15) is 5.11 Å². The fourth-order valence-electron chi connectivity index (χ4n) is 1.91. The minimum Gasteiger partial charge on any atom is -0.490 e. The zero-order chi connectivity index (χ0) is 15.2. The highest BCUT2D eigenvalue weighted by atomic mass is 79.9. The van der Waals surface area contributed by atoms with Crippen LogP contribution >= 0.6 is 27.3 Å². The van der Waals surface area contributed by atoms with Crippen molar-refractivity contribution < 1.29 is 9.84 Å². The number of benzene rings is 1. The van der Waals surface area contributed by atoms with Gasteiger partial charge in [-0.3, -0.25) is 0 Å². The number of hydrogen-bond donors (Lipinski definition) is 2. The molecule has 0 amide bonds. The Labute approximate surface area is 138 Å². The molecule has 2 aromatic rings. The summed E-state index contributed by atoms with van der Waals surface area (Å²) in [6.07, 6.45) is -0.529. The van der Waals surface area contributed by atoms with Crippen LogP contribution in [0.4, 0.5) is 0 Å². The van der Waals surface area contributed by atoms with Crippen molar-refractivity contribution in [2.75, 3.05) is 13.2 Å². The number of aliphatic hydroxyl groups is 1. The molecule has 5 heteroatoms. The van der Waals surface area contributed by atoms with E-state index in [-0.39, 0.29) is 6.61 Å². The van der Waals surface area contributed by atoms with Crippen molar-refractivity contribution in [2.45, 2.75) is 26.5 Å². The van der Waals surface area contributed by atoms with Crippen molar-refractivity contribution in [3.63, 3.8) is 0 Å². The Hall–Kier alpha value is -0.880. The second kappa shape index (κ2) is 7.94. The smallest absolute Gasteiger partial charge is 0.133 e. The van der Waals surface area contributed by atoms with Gasteiger partial charge in [-0.05, 0) is 64.5 Å². The summed E-state index contributed by atoms with van der Waals surface area (Å²) in [5.41, 5.74) is 2.46. The fourth-order valence-corrected chi connectivity index (χ4v) is 3.39. The minimum atomic E-state index is -0.529. The number of thiophene rings is 1. The van der Waals surface area contributed by atoms with Gasteiger partial charge in [0.25, 0.3) is 0 Å². The van der Waals surface area contributed by atoms with Crippen LogP contribution in [0.2, 0.25) is 0 Å². The summed E-state index contributed by atoms with van der Waals surface area (Å²) in [7, 11) is 0. The van der Waals surface area contributed by atoms with Gasteiger partial charge in [0.1, 0.15) is 18.5 Å². The van der Waals surface area contributed by atoms with Gasteiger partial charge < -0.3 is 15.2 Å².